The first-order chi connectivity index (χ1) is 16.7. The van der Waals surface area contributed by atoms with Gasteiger partial charge in [0.1, 0.15) is 17.1 Å². The highest BCUT2D eigenvalue weighted by Gasteiger charge is 2.58. The molecule has 6 rings (SSSR count). The summed E-state index contributed by atoms with van der Waals surface area (Å²) in [5.41, 5.74) is 2.69. The van der Waals surface area contributed by atoms with Gasteiger partial charge in [-0.1, -0.05) is 6.07 Å². The van der Waals surface area contributed by atoms with Crippen LogP contribution in [0.25, 0.3) is 0 Å². The number of aryl methyl sites for hydroxylation is 1. The van der Waals surface area contributed by atoms with Crippen molar-refractivity contribution >= 4 is 11.6 Å². The largest absolute Gasteiger partial charge is 0.389 e. The highest BCUT2D eigenvalue weighted by atomic mass is 19.4. The summed E-state index contributed by atoms with van der Waals surface area (Å²) in [6.45, 7) is 2.64. The average Bonchev–Trinajstić information content (AvgIpc) is 3.49. The van der Waals surface area contributed by atoms with Gasteiger partial charge in [-0.25, -0.2) is 9.37 Å². The Morgan fingerprint density at radius 3 is 2.63 bits per heavy atom. The van der Waals surface area contributed by atoms with Crippen LogP contribution in [-0.4, -0.2) is 46.2 Å². The van der Waals surface area contributed by atoms with Gasteiger partial charge in [0, 0.05) is 38.3 Å². The molecule has 4 aliphatic rings. The molecule has 1 saturated heterocycles. The second-order valence-corrected chi connectivity index (χ2v) is 10.7. The van der Waals surface area contributed by atoms with Crippen LogP contribution in [0.5, 0.6) is 0 Å². The zero-order valence-corrected chi connectivity index (χ0v) is 19.7. The Labute approximate surface area is 202 Å². The molecule has 1 aromatic heterocycles. The van der Waals surface area contributed by atoms with Crippen molar-refractivity contribution in [3.63, 3.8) is 0 Å². The van der Waals surface area contributed by atoms with Crippen molar-refractivity contribution in [2.24, 2.45) is 5.92 Å². The van der Waals surface area contributed by atoms with Gasteiger partial charge in [-0.05, 0) is 68.6 Å². The van der Waals surface area contributed by atoms with E-state index in [2.05, 4.69) is 4.90 Å². The maximum atomic E-state index is 14.3. The number of amides is 1. The van der Waals surface area contributed by atoms with Crippen LogP contribution >= 0.6 is 0 Å². The number of likely N-dealkylation sites (tertiary alicyclic amines) is 1. The van der Waals surface area contributed by atoms with Crippen LogP contribution in [-0.2, 0) is 36.1 Å². The first-order valence-electron chi connectivity index (χ1n) is 12.7. The lowest BCUT2D eigenvalue weighted by Gasteiger charge is -2.47. The predicted octanol–water partition coefficient (Wildman–Crippen LogP) is 4.75. The number of hydrogen-bond donors (Lipinski definition) is 0. The maximum absolute atomic E-state index is 14.3. The molecule has 2 aliphatic carbocycles. The molecular formula is C26H30F4N4O. The Balaban J connectivity index is 1.29. The first kappa shape index (κ1) is 23.0. The Morgan fingerprint density at radius 2 is 1.89 bits per heavy atom. The monoisotopic (exact) mass is 490 g/mol. The Morgan fingerprint density at radius 1 is 1.11 bits per heavy atom. The minimum absolute atomic E-state index is 0.0292. The van der Waals surface area contributed by atoms with E-state index in [0.717, 1.165) is 55.1 Å². The van der Waals surface area contributed by atoms with Crippen LogP contribution < -0.4 is 4.90 Å². The van der Waals surface area contributed by atoms with Gasteiger partial charge in [-0.15, -0.1) is 0 Å². The third-order valence-corrected chi connectivity index (χ3v) is 8.07. The number of benzene rings is 1. The molecule has 0 bridgehead atoms. The second-order valence-electron chi connectivity index (χ2n) is 10.7. The number of halogens is 4. The number of alkyl halides is 3. The number of carbonyl (C=O) groups excluding carboxylic acids is 1. The number of nitrogens with zero attached hydrogens (tertiary/aromatic N) is 4. The van der Waals surface area contributed by atoms with Crippen LogP contribution in [0.2, 0.25) is 0 Å². The summed E-state index contributed by atoms with van der Waals surface area (Å²) < 4.78 is 54.7. The van der Waals surface area contributed by atoms with Gasteiger partial charge in [0.15, 0.2) is 0 Å². The van der Waals surface area contributed by atoms with Crippen LogP contribution in [0.4, 0.5) is 23.2 Å². The van der Waals surface area contributed by atoms with Gasteiger partial charge < -0.3 is 14.4 Å². The van der Waals surface area contributed by atoms with Crippen molar-refractivity contribution in [2.75, 3.05) is 24.5 Å². The van der Waals surface area contributed by atoms with Crippen molar-refractivity contribution in [3.8, 4) is 0 Å². The van der Waals surface area contributed by atoms with Crippen LogP contribution in [0.15, 0.2) is 18.2 Å². The van der Waals surface area contributed by atoms with Crippen LogP contribution in [0.3, 0.4) is 0 Å². The van der Waals surface area contributed by atoms with Crippen molar-refractivity contribution in [2.45, 2.75) is 76.0 Å². The molecule has 5 nitrogen and oxygen atoms in total. The van der Waals surface area contributed by atoms with Gasteiger partial charge >= 0.3 is 6.18 Å². The highest BCUT2D eigenvalue weighted by molar-refractivity contribution is 6.09. The normalized spacial score (nSPS) is 21.4. The van der Waals surface area contributed by atoms with E-state index in [9.17, 15) is 22.4 Å². The molecular weight excluding hydrogens is 460 g/mol. The number of carbonyl (C=O) groups is 1. The highest BCUT2D eigenvalue weighted by Crippen LogP contribution is 2.49. The molecule has 0 radical (unpaired) electrons. The van der Waals surface area contributed by atoms with E-state index in [0.29, 0.717) is 24.6 Å². The molecule has 0 N–H and O–H groups in total. The number of anilines is 1. The number of rotatable bonds is 7. The molecule has 1 spiro atoms. The lowest BCUT2D eigenvalue weighted by atomic mass is 9.74. The van der Waals surface area contributed by atoms with Gasteiger partial charge in [-0.2, -0.15) is 13.2 Å². The van der Waals surface area contributed by atoms with Crippen molar-refractivity contribution < 1.29 is 22.4 Å². The van der Waals surface area contributed by atoms with E-state index in [4.69, 9.17) is 4.98 Å². The average molecular weight is 491 g/mol. The molecule has 35 heavy (non-hydrogen) atoms. The molecule has 1 aromatic carbocycles. The number of aromatic nitrogens is 2. The van der Waals surface area contributed by atoms with Crippen LogP contribution in [0, 0.1) is 11.7 Å². The zero-order valence-electron chi connectivity index (χ0n) is 19.7. The van der Waals surface area contributed by atoms with Gasteiger partial charge in [0.2, 0.25) is 5.91 Å². The summed E-state index contributed by atoms with van der Waals surface area (Å²) >= 11 is 0. The SMILES string of the molecule is O=C1N(Cc2nc3c(n2CCCC(F)(F)F)CCCC3)c2cc(F)ccc2C12CN(CC1CC1)C2. The Bertz CT molecular complexity index is 1150. The Hall–Kier alpha value is -2.42. The predicted molar refractivity (Wildman–Crippen MR) is 123 cm³/mol. The number of fused-ring (bicyclic) bond motifs is 3. The molecule has 3 heterocycles. The Kier molecular flexibility index (Phi) is 5.47. The summed E-state index contributed by atoms with van der Waals surface area (Å²) in [4.78, 5) is 22.6. The fraction of sp³-hybridized carbons (Fsp3) is 0.615. The van der Waals surface area contributed by atoms with E-state index in [-0.39, 0.29) is 25.4 Å². The lowest BCUT2D eigenvalue weighted by Crippen LogP contribution is -2.64. The summed E-state index contributed by atoms with van der Waals surface area (Å²) in [5.74, 6) is 0.880. The minimum Gasteiger partial charge on any atom is -0.330 e. The summed E-state index contributed by atoms with van der Waals surface area (Å²) in [6.07, 6.45) is 0.970. The third kappa shape index (κ3) is 4.15. The minimum atomic E-state index is -4.20. The van der Waals surface area contributed by atoms with Crippen molar-refractivity contribution in [1.29, 1.82) is 0 Å². The standard InChI is InChI=1S/C26H30F4N4O/c27-18-8-9-19-22(12-18)34(24(35)25(19)15-32(16-25)13-17-6-7-17)14-23-31-20-4-1-2-5-21(20)33(23)11-3-10-26(28,29)30/h8-9,12,17H,1-7,10-11,13-16H2. The first-order valence-corrected chi connectivity index (χ1v) is 12.7. The van der Waals surface area contributed by atoms with E-state index in [1.165, 1.54) is 25.0 Å². The fourth-order valence-corrected chi connectivity index (χ4v) is 6.21. The van der Waals surface area contributed by atoms with E-state index in [1.54, 1.807) is 11.0 Å². The summed E-state index contributed by atoms with van der Waals surface area (Å²) in [5, 5.41) is 0. The van der Waals surface area contributed by atoms with Gasteiger partial charge in [0.25, 0.3) is 0 Å². The molecule has 2 aliphatic heterocycles. The van der Waals surface area contributed by atoms with E-state index >= 15 is 0 Å². The quantitative estimate of drug-likeness (QED) is 0.526. The molecule has 2 fully saturated rings. The van der Waals surface area contributed by atoms with Crippen molar-refractivity contribution in [1.82, 2.24) is 14.5 Å². The van der Waals surface area contributed by atoms with E-state index < -0.39 is 23.8 Å². The zero-order chi connectivity index (χ0) is 24.4. The second kappa shape index (κ2) is 8.32. The maximum Gasteiger partial charge on any atom is 0.389 e. The van der Waals surface area contributed by atoms with Crippen LogP contribution in [0.1, 0.15) is 61.3 Å². The molecule has 0 atom stereocenters. The number of hydrogen-bond acceptors (Lipinski definition) is 3. The topological polar surface area (TPSA) is 41.4 Å². The smallest absolute Gasteiger partial charge is 0.330 e. The molecule has 1 saturated carbocycles. The van der Waals surface area contributed by atoms with Gasteiger partial charge in [0.05, 0.1) is 17.9 Å². The fourth-order valence-electron chi connectivity index (χ4n) is 6.21. The summed E-state index contributed by atoms with van der Waals surface area (Å²) in [6, 6.07) is 4.57. The third-order valence-electron chi connectivity index (χ3n) is 8.07. The molecule has 2 aromatic rings. The number of imidazole rings is 1. The molecule has 9 heteroatoms. The molecule has 0 unspecified atom stereocenters. The summed E-state index contributed by atoms with van der Waals surface area (Å²) in [7, 11) is 0. The molecule has 188 valence electrons. The van der Waals surface area contributed by atoms with E-state index in [1.807, 2.05) is 4.57 Å². The van der Waals surface area contributed by atoms with Crippen molar-refractivity contribution in [3.05, 3.63) is 46.8 Å². The molecule has 1 amide bonds. The lowest BCUT2D eigenvalue weighted by molar-refractivity contribution is -0.136. The van der Waals surface area contributed by atoms with Gasteiger partial charge in [-0.3, -0.25) is 4.79 Å².